The van der Waals surface area contributed by atoms with Gasteiger partial charge in [-0.15, -0.1) is 0 Å². The molecule has 0 radical (unpaired) electrons. The molecule has 1 nitrogen and oxygen atoms in total. The van der Waals surface area contributed by atoms with Crippen LogP contribution in [-0.4, -0.2) is 14.1 Å². The van der Waals surface area contributed by atoms with Gasteiger partial charge in [-0.25, -0.2) is 0 Å². The first-order valence-corrected chi connectivity index (χ1v) is 7.28. The summed E-state index contributed by atoms with van der Waals surface area (Å²) in [4.78, 5) is 1.99. The summed E-state index contributed by atoms with van der Waals surface area (Å²) >= 11 is 24.7. The van der Waals surface area contributed by atoms with Crippen molar-refractivity contribution in [2.75, 3.05) is 19.0 Å². The number of nitrogens with zero attached hydrogens (tertiary/aromatic N) is 1. The average molecular weight is 337 g/mol. The van der Waals surface area contributed by atoms with E-state index in [9.17, 15) is 0 Å². The van der Waals surface area contributed by atoms with Crippen molar-refractivity contribution in [2.24, 2.45) is 0 Å². The minimum absolute atomic E-state index is 0.0379. The summed E-state index contributed by atoms with van der Waals surface area (Å²) in [6, 6.07) is 5.87. The highest BCUT2D eigenvalue weighted by atomic mass is 35.5. The molecule has 1 atom stereocenters. The standard InChI is InChI=1S/C14H13Cl4N/c1-19(2)11-4-8(3-9(15)5-11)12-6-10(16)7-13(17)14(12)18/h3-5,7,12H,6H2,1-2H3. The number of allylic oxidation sites excluding steroid dienone is 4. The first-order valence-electron chi connectivity index (χ1n) is 5.77. The maximum Gasteiger partial charge on any atom is 0.0569 e. The van der Waals surface area contributed by atoms with E-state index in [2.05, 4.69) is 6.07 Å². The van der Waals surface area contributed by atoms with E-state index < -0.39 is 0 Å². The van der Waals surface area contributed by atoms with Crippen LogP contribution in [0.25, 0.3) is 0 Å². The zero-order chi connectivity index (χ0) is 14.2. The lowest BCUT2D eigenvalue weighted by Gasteiger charge is -2.23. The summed E-state index contributed by atoms with van der Waals surface area (Å²) in [5, 5.41) is 2.48. The van der Waals surface area contributed by atoms with E-state index in [0.717, 1.165) is 11.3 Å². The van der Waals surface area contributed by atoms with E-state index in [1.807, 2.05) is 31.1 Å². The van der Waals surface area contributed by atoms with Crippen molar-refractivity contribution in [3.63, 3.8) is 0 Å². The second-order valence-electron chi connectivity index (χ2n) is 4.68. The molecule has 0 saturated carbocycles. The largest absolute Gasteiger partial charge is 0.378 e. The third-order valence-electron chi connectivity index (χ3n) is 3.04. The fraction of sp³-hybridized carbons (Fsp3) is 0.286. The van der Waals surface area contributed by atoms with Gasteiger partial charge in [0.05, 0.1) is 5.03 Å². The molecule has 0 spiro atoms. The summed E-state index contributed by atoms with van der Waals surface area (Å²) in [5.41, 5.74) is 2.04. The number of halogens is 4. The van der Waals surface area contributed by atoms with Gasteiger partial charge in [-0.3, -0.25) is 0 Å². The summed E-state index contributed by atoms with van der Waals surface area (Å²) < 4.78 is 0. The molecule has 1 unspecified atom stereocenters. The molecule has 19 heavy (non-hydrogen) atoms. The van der Waals surface area contributed by atoms with Crippen LogP contribution in [0, 0.1) is 0 Å². The van der Waals surface area contributed by atoms with Crippen LogP contribution in [0.1, 0.15) is 17.9 Å². The summed E-state index contributed by atoms with van der Waals surface area (Å²) in [7, 11) is 3.93. The number of benzene rings is 1. The molecule has 1 aromatic rings. The quantitative estimate of drug-likeness (QED) is 0.669. The van der Waals surface area contributed by atoms with Crippen molar-refractivity contribution in [1.29, 1.82) is 0 Å². The summed E-state index contributed by atoms with van der Waals surface area (Å²) in [6.45, 7) is 0. The highest BCUT2D eigenvalue weighted by Crippen LogP contribution is 2.43. The predicted octanol–water partition coefficient (Wildman–Crippen LogP) is 5.71. The lowest BCUT2D eigenvalue weighted by atomic mass is 9.91. The topological polar surface area (TPSA) is 3.24 Å². The molecule has 5 heteroatoms. The minimum Gasteiger partial charge on any atom is -0.378 e. The Bertz CT molecular complexity index is 561. The Morgan fingerprint density at radius 2 is 1.74 bits per heavy atom. The fourth-order valence-electron chi connectivity index (χ4n) is 2.04. The van der Waals surface area contributed by atoms with E-state index in [1.54, 1.807) is 6.08 Å². The molecule has 0 fully saturated rings. The van der Waals surface area contributed by atoms with Gasteiger partial charge in [-0.1, -0.05) is 46.4 Å². The molecular weight excluding hydrogens is 324 g/mol. The normalized spacial score (nSPS) is 19.5. The molecule has 1 aromatic carbocycles. The smallest absolute Gasteiger partial charge is 0.0569 e. The van der Waals surface area contributed by atoms with Gasteiger partial charge in [0, 0.05) is 40.8 Å². The summed E-state index contributed by atoms with van der Waals surface area (Å²) in [5.74, 6) is -0.0379. The SMILES string of the molecule is CN(C)c1cc(Cl)cc(C2CC(Cl)=CC(Cl)=C2Cl)c1. The Kier molecular flexibility index (Phi) is 4.73. The van der Waals surface area contributed by atoms with Crippen molar-refractivity contribution in [2.45, 2.75) is 12.3 Å². The van der Waals surface area contributed by atoms with Gasteiger partial charge >= 0.3 is 0 Å². The fourth-order valence-corrected chi connectivity index (χ4v) is 3.11. The molecule has 0 amide bonds. The van der Waals surface area contributed by atoms with Crippen LogP contribution in [-0.2, 0) is 0 Å². The van der Waals surface area contributed by atoms with Crippen LogP contribution in [0.15, 0.2) is 39.4 Å². The van der Waals surface area contributed by atoms with Gasteiger partial charge in [-0.2, -0.15) is 0 Å². The third kappa shape index (κ3) is 3.41. The Hall–Kier alpha value is -0.340. The van der Waals surface area contributed by atoms with Crippen LogP contribution in [0.4, 0.5) is 5.69 Å². The maximum absolute atomic E-state index is 6.30. The number of anilines is 1. The molecule has 0 bridgehead atoms. The molecule has 1 aliphatic carbocycles. The van der Waals surface area contributed by atoms with Crippen molar-refractivity contribution >= 4 is 52.1 Å². The van der Waals surface area contributed by atoms with Gasteiger partial charge in [0.1, 0.15) is 0 Å². The lowest BCUT2D eigenvalue weighted by molar-refractivity contribution is 0.823. The molecule has 102 valence electrons. The molecule has 0 heterocycles. The Labute approximate surface area is 133 Å². The second-order valence-corrected chi connectivity index (χ2v) is 6.42. The minimum atomic E-state index is -0.0379. The van der Waals surface area contributed by atoms with Crippen LogP contribution in [0.5, 0.6) is 0 Å². The molecule has 0 aromatic heterocycles. The van der Waals surface area contributed by atoms with E-state index in [1.165, 1.54) is 0 Å². The molecule has 0 saturated heterocycles. The Balaban J connectivity index is 2.45. The van der Waals surface area contributed by atoms with Crippen molar-refractivity contribution in [3.8, 4) is 0 Å². The van der Waals surface area contributed by atoms with Crippen molar-refractivity contribution in [1.82, 2.24) is 0 Å². The maximum atomic E-state index is 6.30. The van der Waals surface area contributed by atoms with E-state index >= 15 is 0 Å². The molecular formula is C14H13Cl4N. The van der Waals surface area contributed by atoms with E-state index in [0.29, 0.717) is 26.5 Å². The monoisotopic (exact) mass is 335 g/mol. The highest BCUT2D eigenvalue weighted by molar-refractivity contribution is 6.42. The number of hydrogen-bond donors (Lipinski definition) is 0. The highest BCUT2D eigenvalue weighted by Gasteiger charge is 2.24. The number of rotatable bonds is 2. The van der Waals surface area contributed by atoms with Crippen LogP contribution < -0.4 is 4.90 Å². The predicted molar refractivity (Wildman–Crippen MR) is 85.8 cm³/mol. The Morgan fingerprint density at radius 3 is 2.37 bits per heavy atom. The van der Waals surface area contributed by atoms with Gasteiger partial charge in [0.15, 0.2) is 0 Å². The Morgan fingerprint density at radius 1 is 1.05 bits per heavy atom. The molecule has 0 N–H and O–H groups in total. The molecule has 0 aliphatic heterocycles. The van der Waals surface area contributed by atoms with Gasteiger partial charge in [-0.05, 0) is 36.3 Å². The zero-order valence-corrected chi connectivity index (χ0v) is 13.6. The van der Waals surface area contributed by atoms with Crippen LogP contribution >= 0.6 is 46.4 Å². The summed E-state index contributed by atoms with van der Waals surface area (Å²) in [6.07, 6.45) is 2.34. The first kappa shape index (κ1) is 15.1. The average Bonchev–Trinajstić information content (AvgIpc) is 2.32. The van der Waals surface area contributed by atoms with E-state index in [-0.39, 0.29) is 5.92 Å². The van der Waals surface area contributed by atoms with E-state index in [4.69, 9.17) is 46.4 Å². The second kappa shape index (κ2) is 5.97. The van der Waals surface area contributed by atoms with Crippen LogP contribution in [0.2, 0.25) is 5.02 Å². The zero-order valence-electron chi connectivity index (χ0n) is 10.6. The van der Waals surface area contributed by atoms with Crippen LogP contribution in [0.3, 0.4) is 0 Å². The lowest BCUT2D eigenvalue weighted by Crippen LogP contribution is -2.10. The molecule has 2 rings (SSSR count). The number of hydrogen-bond acceptors (Lipinski definition) is 1. The van der Waals surface area contributed by atoms with Gasteiger partial charge in [0.25, 0.3) is 0 Å². The molecule has 1 aliphatic rings. The van der Waals surface area contributed by atoms with Gasteiger partial charge < -0.3 is 4.90 Å². The van der Waals surface area contributed by atoms with Gasteiger partial charge in [0.2, 0.25) is 0 Å². The van der Waals surface area contributed by atoms with Crippen molar-refractivity contribution in [3.05, 3.63) is 50.0 Å². The third-order valence-corrected chi connectivity index (χ3v) is 4.40. The van der Waals surface area contributed by atoms with Crippen molar-refractivity contribution < 1.29 is 0 Å². The first-order chi connectivity index (χ1) is 8.88.